The zero-order chi connectivity index (χ0) is 18.2. The quantitative estimate of drug-likeness (QED) is 0.467. The lowest BCUT2D eigenvalue weighted by Gasteiger charge is -2.08. The van der Waals surface area contributed by atoms with Crippen LogP contribution in [0.5, 0.6) is 5.75 Å². The molecule has 0 spiro atoms. The highest BCUT2D eigenvalue weighted by atomic mass is 19.1. The molecule has 2 rings (SSSR count). The lowest BCUT2D eigenvalue weighted by Crippen LogP contribution is -2.23. The first-order chi connectivity index (χ1) is 11.9. The Morgan fingerprint density at radius 1 is 1.12 bits per heavy atom. The fourth-order valence-corrected chi connectivity index (χ4v) is 1.76. The zero-order valence-electron chi connectivity index (χ0n) is 12.8. The molecule has 0 atom stereocenters. The molecule has 0 aliphatic carbocycles. The topological polar surface area (TPSA) is 108 Å². The zero-order valence-corrected chi connectivity index (χ0v) is 12.8. The van der Waals surface area contributed by atoms with E-state index >= 15 is 0 Å². The number of anilines is 1. The number of esters is 1. The summed E-state index contributed by atoms with van der Waals surface area (Å²) in [4.78, 5) is 33.0. The van der Waals surface area contributed by atoms with Gasteiger partial charge in [-0.1, -0.05) is 6.07 Å². The average molecular weight is 348 g/mol. The van der Waals surface area contributed by atoms with Gasteiger partial charge in [0.05, 0.1) is 4.92 Å². The number of hydrogen-bond acceptors (Lipinski definition) is 6. The van der Waals surface area contributed by atoms with Crippen LogP contribution in [-0.4, -0.2) is 30.0 Å². The third-order valence-corrected chi connectivity index (χ3v) is 2.88. The maximum Gasteiger partial charge on any atom is 0.344 e. The molecule has 0 bridgehead atoms. The molecule has 2 aromatic rings. The van der Waals surface area contributed by atoms with Gasteiger partial charge in [-0.2, -0.15) is 0 Å². The molecule has 0 heterocycles. The second-order valence-corrected chi connectivity index (χ2v) is 4.76. The van der Waals surface area contributed by atoms with Crippen molar-refractivity contribution in [3.63, 3.8) is 0 Å². The van der Waals surface area contributed by atoms with Crippen LogP contribution in [0.15, 0.2) is 48.5 Å². The lowest BCUT2D eigenvalue weighted by molar-refractivity contribution is -0.384. The van der Waals surface area contributed by atoms with Crippen molar-refractivity contribution in [2.75, 3.05) is 18.5 Å². The number of non-ortho nitro benzene ring substituents is 1. The Hall–Kier alpha value is -3.49. The monoisotopic (exact) mass is 348 g/mol. The number of halogens is 1. The van der Waals surface area contributed by atoms with Crippen LogP contribution in [-0.2, 0) is 14.3 Å². The van der Waals surface area contributed by atoms with Crippen molar-refractivity contribution in [1.29, 1.82) is 0 Å². The smallest absolute Gasteiger partial charge is 0.344 e. The van der Waals surface area contributed by atoms with Crippen molar-refractivity contribution >= 4 is 23.3 Å². The molecule has 1 amide bonds. The van der Waals surface area contributed by atoms with Crippen LogP contribution in [0.4, 0.5) is 15.8 Å². The van der Waals surface area contributed by atoms with E-state index in [1.165, 1.54) is 42.5 Å². The predicted molar refractivity (Wildman–Crippen MR) is 84.6 cm³/mol. The van der Waals surface area contributed by atoms with E-state index in [-0.39, 0.29) is 17.1 Å². The molecule has 130 valence electrons. The molecule has 2 aromatic carbocycles. The summed E-state index contributed by atoms with van der Waals surface area (Å²) in [6.45, 7) is -1.02. The summed E-state index contributed by atoms with van der Waals surface area (Å²) in [6.07, 6.45) is 0. The standard InChI is InChI=1S/C16H13FN2O6/c17-11-2-1-3-12(8-11)18-15(20)9-25-16(21)10-24-14-6-4-13(5-7-14)19(22)23/h1-8H,9-10H2,(H,18,20). The highest BCUT2D eigenvalue weighted by Crippen LogP contribution is 2.17. The lowest BCUT2D eigenvalue weighted by atomic mass is 10.3. The first-order valence-corrected chi connectivity index (χ1v) is 7.02. The van der Waals surface area contributed by atoms with Gasteiger partial charge >= 0.3 is 5.97 Å². The van der Waals surface area contributed by atoms with Crippen LogP contribution in [0.1, 0.15) is 0 Å². The second kappa shape index (κ2) is 8.39. The summed E-state index contributed by atoms with van der Waals surface area (Å²) in [6, 6.07) is 10.4. The largest absolute Gasteiger partial charge is 0.482 e. The molecule has 25 heavy (non-hydrogen) atoms. The van der Waals surface area contributed by atoms with Gasteiger partial charge in [-0.25, -0.2) is 9.18 Å². The maximum absolute atomic E-state index is 13.0. The first-order valence-electron chi connectivity index (χ1n) is 7.02. The second-order valence-electron chi connectivity index (χ2n) is 4.76. The maximum atomic E-state index is 13.0. The molecule has 9 heteroatoms. The molecule has 0 saturated carbocycles. The van der Waals surface area contributed by atoms with Gasteiger partial charge in [-0.15, -0.1) is 0 Å². The van der Waals surface area contributed by atoms with Crippen LogP contribution in [0.3, 0.4) is 0 Å². The summed E-state index contributed by atoms with van der Waals surface area (Å²) < 4.78 is 22.8. The third kappa shape index (κ3) is 5.90. The fourth-order valence-electron chi connectivity index (χ4n) is 1.76. The molecule has 0 aliphatic rings. The Kier molecular flexibility index (Phi) is 5.99. The number of carbonyl (C=O) groups excluding carboxylic acids is 2. The fraction of sp³-hybridized carbons (Fsp3) is 0.125. The molecule has 0 aromatic heterocycles. The van der Waals surface area contributed by atoms with E-state index in [1.807, 2.05) is 0 Å². The number of nitro groups is 1. The molecule has 0 unspecified atom stereocenters. The average Bonchev–Trinajstić information content (AvgIpc) is 2.58. The molecule has 1 N–H and O–H groups in total. The van der Waals surface area contributed by atoms with Gasteiger partial charge in [0.25, 0.3) is 11.6 Å². The van der Waals surface area contributed by atoms with Crippen LogP contribution in [0.25, 0.3) is 0 Å². The SMILES string of the molecule is O=C(COC(=O)COc1ccc([N+](=O)[O-])cc1)Nc1cccc(F)c1. The van der Waals surface area contributed by atoms with Gasteiger partial charge in [0.15, 0.2) is 13.2 Å². The molecular formula is C16H13FN2O6. The van der Waals surface area contributed by atoms with E-state index in [9.17, 15) is 24.1 Å². The number of ether oxygens (including phenoxy) is 2. The van der Waals surface area contributed by atoms with Crippen LogP contribution in [0, 0.1) is 15.9 Å². The van der Waals surface area contributed by atoms with E-state index in [1.54, 1.807) is 0 Å². The Bertz CT molecular complexity index is 778. The Balaban J connectivity index is 1.73. The highest BCUT2D eigenvalue weighted by Gasteiger charge is 2.10. The van der Waals surface area contributed by atoms with E-state index in [4.69, 9.17) is 9.47 Å². The summed E-state index contributed by atoms with van der Waals surface area (Å²) in [7, 11) is 0. The molecule has 0 radical (unpaired) electrons. The number of rotatable bonds is 7. The minimum atomic E-state index is -0.798. The third-order valence-electron chi connectivity index (χ3n) is 2.88. The van der Waals surface area contributed by atoms with Crippen molar-refractivity contribution in [3.8, 4) is 5.75 Å². The first kappa shape index (κ1) is 17.9. The van der Waals surface area contributed by atoms with Crippen LogP contribution < -0.4 is 10.1 Å². The van der Waals surface area contributed by atoms with Crippen LogP contribution >= 0.6 is 0 Å². The van der Waals surface area contributed by atoms with Gasteiger partial charge in [0, 0.05) is 17.8 Å². The summed E-state index contributed by atoms with van der Waals surface area (Å²) in [5.74, 6) is -1.69. The minimum Gasteiger partial charge on any atom is -0.482 e. The van der Waals surface area contributed by atoms with Crippen molar-refractivity contribution in [1.82, 2.24) is 0 Å². The highest BCUT2D eigenvalue weighted by molar-refractivity contribution is 5.92. The predicted octanol–water partition coefficient (Wildman–Crippen LogP) is 2.29. The van der Waals surface area contributed by atoms with Crippen molar-refractivity contribution in [2.24, 2.45) is 0 Å². The molecule has 0 fully saturated rings. The summed E-state index contributed by atoms with van der Waals surface area (Å²) in [5, 5.41) is 12.9. The number of nitrogens with one attached hydrogen (secondary N) is 1. The van der Waals surface area contributed by atoms with E-state index in [0.717, 1.165) is 6.07 Å². The van der Waals surface area contributed by atoms with E-state index < -0.39 is 35.8 Å². The molecule has 8 nitrogen and oxygen atoms in total. The Morgan fingerprint density at radius 2 is 1.84 bits per heavy atom. The van der Waals surface area contributed by atoms with E-state index in [0.29, 0.717) is 0 Å². The van der Waals surface area contributed by atoms with Crippen LogP contribution in [0.2, 0.25) is 0 Å². The van der Waals surface area contributed by atoms with Crippen molar-refractivity contribution in [2.45, 2.75) is 0 Å². The number of nitro benzene ring substituents is 1. The Labute approximate surface area is 141 Å². The molecular weight excluding hydrogens is 335 g/mol. The van der Waals surface area contributed by atoms with Crippen molar-refractivity contribution < 1.29 is 28.4 Å². The number of hydrogen-bond donors (Lipinski definition) is 1. The molecule has 0 aliphatic heterocycles. The number of amides is 1. The normalized spacial score (nSPS) is 9.96. The van der Waals surface area contributed by atoms with Crippen molar-refractivity contribution in [3.05, 3.63) is 64.5 Å². The number of carbonyl (C=O) groups is 2. The summed E-state index contributed by atoms with van der Waals surface area (Å²) in [5.41, 5.74) is 0.132. The Morgan fingerprint density at radius 3 is 2.48 bits per heavy atom. The van der Waals surface area contributed by atoms with Gasteiger partial charge in [-0.05, 0) is 30.3 Å². The van der Waals surface area contributed by atoms with Gasteiger partial charge < -0.3 is 14.8 Å². The number of nitrogens with zero attached hydrogens (tertiary/aromatic N) is 1. The molecule has 0 saturated heterocycles. The van der Waals surface area contributed by atoms with Gasteiger partial charge in [0.1, 0.15) is 11.6 Å². The van der Waals surface area contributed by atoms with Gasteiger partial charge in [-0.3, -0.25) is 14.9 Å². The number of benzene rings is 2. The summed E-state index contributed by atoms with van der Waals surface area (Å²) >= 11 is 0. The van der Waals surface area contributed by atoms with Gasteiger partial charge in [0.2, 0.25) is 0 Å². The minimum absolute atomic E-state index is 0.107. The van der Waals surface area contributed by atoms with E-state index in [2.05, 4.69) is 5.32 Å².